The highest BCUT2D eigenvalue weighted by atomic mass is 32.2. The van der Waals surface area contributed by atoms with E-state index in [4.69, 9.17) is 9.47 Å². The van der Waals surface area contributed by atoms with Crippen molar-refractivity contribution in [1.82, 2.24) is 19.4 Å². The average molecular weight is 490 g/mol. The highest BCUT2D eigenvalue weighted by Gasteiger charge is 2.27. The van der Waals surface area contributed by atoms with Crippen molar-refractivity contribution in [3.05, 3.63) is 42.0 Å². The van der Waals surface area contributed by atoms with Crippen LogP contribution in [-0.2, 0) is 14.8 Å². The Balaban J connectivity index is 1.32. The summed E-state index contributed by atoms with van der Waals surface area (Å²) in [6, 6.07) is 9.93. The summed E-state index contributed by atoms with van der Waals surface area (Å²) < 4.78 is 37.6. The number of benzene rings is 1. The number of ether oxygens (including phenoxy) is 2. The van der Waals surface area contributed by atoms with Crippen molar-refractivity contribution in [3.63, 3.8) is 0 Å². The van der Waals surface area contributed by atoms with Crippen LogP contribution in [0.5, 0.6) is 5.88 Å². The van der Waals surface area contributed by atoms with E-state index in [2.05, 4.69) is 15.1 Å². The maximum Gasteiger partial charge on any atom is 0.253 e. The Morgan fingerprint density at radius 1 is 0.882 bits per heavy atom. The molecular weight excluding hydrogens is 458 g/mol. The minimum absolute atomic E-state index is 0.102. The number of carbonyl (C=O) groups excluding carboxylic acids is 1. The van der Waals surface area contributed by atoms with Gasteiger partial charge in [0.1, 0.15) is 6.61 Å². The number of methoxy groups -OCH3 is 1. The molecule has 10 nitrogen and oxygen atoms in total. The molecule has 3 heterocycles. The smallest absolute Gasteiger partial charge is 0.253 e. The monoisotopic (exact) mass is 489 g/mol. The van der Waals surface area contributed by atoms with Gasteiger partial charge < -0.3 is 19.3 Å². The van der Waals surface area contributed by atoms with Gasteiger partial charge >= 0.3 is 0 Å². The standard InChI is InChI=1S/C23H31N5O5S/c1-32-17-18-33-22-10-9-21(24-25-22)26-13-15-27(16-14-26)23(29)19-5-7-20(8-6-19)34(30,31)28-11-3-2-4-12-28/h5-10H,2-4,11-18H2,1H3. The van der Waals surface area contributed by atoms with Gasteiger partial charge in [-0.1, -0.05) is 6.42 Å². The fourth-order valence-corrected chi connectivity index (χ4v) is 5.65. The molecule has 1 amide bonds. The first kappa shape index (κ1) is 24.4. The van der Waals surface area contributed by atoms with Gasteiger partial charge in [-0.15, -0.1) is 10.2 Å². The van der Waals surface area contributed by atoms with Crippen molar-refractivity contribution in [2.75, 3.05) is 64.5 Å². The highest BCUT2D eigenvalue weighted by molar-refractivity contribution is 7.89. The van der Waals surface area contributed by atoms with Gasteiger partial charge in [-0.05, 0) is 43.2 Å². The summed E-state index contributed by atoms with van der Waals surface area (Å²) in [7, 11) is -1.89. The number of hydrogen-bond donors (Lipinski definition) is 0. The number of rotatable bonds is 8. The molecule has 2 aliphatic rings. The van der Waals surface area contributed by atoms with Crippen LogP contribution in [0.1, 0.15) is 29.6 Å². The lowest BCUT2D eigenvalue weighted by molar-refractivity contribution is 0.0746. The molecule has 1 aromatic heterocycles. The van der Waals surface area contributed by atoms with E-state index >= 15 is 0 Å². The lowest BCUT2D eigenvalue weighted by atomic mass is 10.2. The number of hydrogen-bond acceptors (Lipinski definition) is 8. The van der Waals surface area contributed by atoms with Gasteiger partial charge in [0.25, 0.3) is 5.91 Å². The molecule has 2 saturated heterocycles. The number of nitrogens with zero attached hydrogens (tertiary/aromatic N) is 5. The van der Waals surface area contributed by atoms with E-state index in [0.29, 0.717) is 63.9 Å². The van der Waals surface area contributed by atoms with E-state index in [1.807, 2.05) is 6.07 Å². The van der Waals surface area contributed by atoms with Crippen molar-refractivity contribution in [2.45, 2.75) is 24.2 Å². The maximum absolute atomic E-state index is 13.0. The lowest BCUT2D eigenvalue weighted by Gasteiger charge is -2.35. The van der Waals surface area contributed by atoms with E-state index in [0.717, 1.165) is 25.1 Å². The number of aromatic nitrogens is 2. The third-order valence-corrected chi connectivity index (χ3v) is 8.02. The Hall–Kier alpha value is -2.76. The maximum atomic E-state index is 13.0. The Morgan fingerprint density at radius 3 is 2.21 bits per heavy atom. The molecule has 184 valence electrons. The van der Waals surface area contributed by atoms with E-state index in [-0.39, 0.29) is 10.8 Å². The van der Waals surface area contributed by atoms with Gasteiger partial charge in [-0.25, -0.2) is 8.42 Å². The molecule has 1 aromatic carbocycles. The molecule has 11 heteroatoms. The zero-order chi connectivity index (χ0) is 24.0. The second-order valence-electron chi connectivity index (χ2n) is 8.34. The summed E-state index contributed by atoms with van der Waals surface area (Å²) in [5, 5.41) is 8.31. The summed E-state index contributed by atoms with van der Waals surface area (Å²) in [4.78, 5) is 17.1. The fraction of sp³-hybridized carbons (Fsp3) is 0.522. The second kappa shape index (κ2) is 11.1. The predicted octanol–water partition coefficient (Wildman–Crippen LogP) is 1.64. The van der Waals surface area contributed by atoms with Gasteiger partial charge in [-0.3, -0.25) is 4.79 Å². The molecule has 34 heavy (non-hydrogen) atoms. The Morgan fingerprint density at radius 2 is 1.59 bits per heavy atom. The number of piperazine rings is 1. The predicted molar refractivity (Wildman–Crippen MR) is 127 cm³/mol. The molecule has 2 fully saturated rings. The van der Waals surface area contributed by atoms with Crippen molar-refractivity contribution >= 4 is 21.7 Å². The third-order valence-electron chi connectivity index (χ3n) is 6.11. The number of amides is 1. The minimum atomic E-state index is -3.50. The Kier molecular flexibility index (Phi) is 7.96. The first-order valence-electron chi connectivity index (χ1n) is 11.6. The van der Waals surface area contributed by atoms with E-state index in [1.54, 1.807) is 42.3 Å². The second-order valence-corrected chi connectivity index (χ2v) is 10.3. The molecule has 0 saturated carbocycles. The fourth-order valence-electron chi connectivity index (χ4n) is 4.13. The molecule has 0 N–H and O–H groups in total. The first-order valence-corrected chi connectivity index (χ1v) is 13.0. The zero-order valence-corrected chi connectivity index (χ0v) is 20.2. The van der Waals surface area contributed by atoms with Crippen LogP contribution < -0.4 is 9.64 Å². The van der Waals surface area contributed by atoms with Gasteiger partial charge in [0, 0.05) is 58.0 Å². The minimum Gasteiger partial charge on any atom is -0.474 e. The van der Waals surface area contributed by atoms with Crippen LogP contribution in [-0.4, -0.2) is 93.3 Å². The summed E-state index contributed by atoms with van der Waals surface area (Å²) >= 11 is 0. The van der Waals surface area contributed by atoms with Crippen molar-refractivity contribution < 1.29 is 22.7 Å². The topological polar surface area (TPSA) is 105 Å². The molecule has 2 aromatic rings. The summed E-state index contributed by atoms with van der Waals surface area (Å²) in [5.41, 5.74) is 0.489. The van der Waals surface area contributed by atoms with Crippen LogP contribution >= 0.6 is 0 Å². The van der Waals surface area contributed by atoms with Crippen LogP contribution in [0, 0.1) is 0 Å². The normalized spacial score (nSPS) is 17.6. The molecular formula is C23H31N5O5S. The van der Waals surface area contributed by atoms with Gasteiger partial charge in [0.05, 0.1) is 11.5 Å². The van der Waals surface area contributed by atoms with Gasteiger partial charge in [0.15, 0.2) is 5.82 Å². The lowest BCUT2D eigenvalue weighted by Crippen LogP contribution is -2.49. The number of piperidine rings is 1. The summed E-state index contributed by atoms with van der Waals surface area (Å²) in [6.45, 7) is 4.35. The highest BCUT2D eigenvalue weighted by Crippen LogP contribution is 2.22. The average Bonchev–Trinajstić information content (AvgIpc) is 2.89. The zero-order valence-electron chi connectivity index (χ0n) is 19.4. The molecule has 4 rings (SSSR count). The molecule has 0 unspecified atom stereocenters. The summed E-state index contributed by atoms with van der Waals surface area (Å²) in [5.74, 6) is 1.08. The number of sulfonamides is 1. The van der Waals surface area contributed by atoms with Crippen LogP contribution in [0.4, 0.5) is 5.82 Å². The third kappa shape index (κ3) is 5.65. The number of anilines is 1. The molecule has 0 atom stereocenters. The Bertz CT molecular complexity index is 1050. The van der Waals surface area contributed by atoms with Crippen molar-refractivity contribution in [2.24, 2.45) is 0 Å². The number of carbonyl (C=O) groups is 1. The van der Waals surface area contributed by atoms with Gasteiger partial charge in [0.2, 0.25) is 15.9 Å². The van der Waals surface area contributed by atoms with Crippen LogP contribution in [0.15, 0.2) is 41.3 Å². The largest absolute Gasteiger partial charge is 0.474 e. The van der Waals surface area contributed by atoms with Crippen LogP contribution in [0.25, 0.3) is 0 Å². The van der Waals surface area contributed by atoms with E-state index in [1.165, 1.54) is 4.31 Å². The first-order chi connectivity index (χ1) is 16.5. The van der Waals surface area contributed by atoms with Gasteiger partial charge in [-0.2, -0.15) is 4.31 Å². The SMILES string of the molecule is COCCOc1ccc(N2CCN(C(=O)c3ccc(S(=O)(=O)N4CCCCC4)cc3)CC2)nn1. The summed E-state index contributed by atoms with van der Waals surface area (Å²) in [6.07, 6.45) is 2.84. The van der Waals surface area contributed by atoms with E-state index in [9.17, 15) is 13.2 Å². The van der Waals surface area contributed by atoms with Crippen LogP contribution in [0.2, 0.25) is 0 Å². The molecule has 0 spiro atoms. The van der Waals surface area contributed by atoms with Crippen molar-refractivity contribution in [1.29, 1.82) is 0 Å². The molecule has 0 bridgehead atoms. The van der Waals surface area contributed by atoms with E-state index < -0.39 is 10.0 Å². The molecule has 0 radical (unpaired) electrons. The molecule has 0 aliphatic carbocycles. The van der Waals surface area contributed by atoms with Crippen molar-refractivity contribution in [3.8, 4) is 5.88 Å². The van der Waals surface area contributed by atoms with Crippen LogP contribution in [0.3, 0.4) is 0 Å². The molecule has 2 aliphatic heterocycles. The quantitative estimate of drug-likeness (QED) is 0.516. The Labute approximate surface area is 200 Å².